The number of hydrogen-bond acceptors (Lipinski definition) is 6. The molecule has 1 aromatic heterocycles. The average molecular weight is 405 g/mol. The highest BCUT2D eigenvalue weighted by Crippen LogP contribution is 2.39. The first-order valence-corrected chi connectivity index (χ1v) is 10.2. The Hall–Kier alpha value is -3.35. The van der Waals surface area contributed by atoms with E-state index in [1.807, 2.05) is 55.5 Å². The van der Waals surface area contributed by atoms with Gasteiger partial charge in [-0.1, -0.05) is 22.9 Å². The number of ether oxygens (including phenoxy) is 2. The summed E-state index contributed by atoms with van der Waals surface area (Å²) < 4.78 is 16.8. The Labute approximate surface area is 174 Å². The van der Waals surface area contributed by atoms with Crippen molar-refractivity contribution in [2.45, 2.75) is 31.8 Å². The van der Waals surface area contributed by atoms with Crippen LogP contribution >= 0.6 is 0 Å². The van der Waals surface area contributed by atoms with Gasteiger partial charge < -0.3 is 18.9 Å². The van der Waals surface area contributed by atoms with Crippen molar-refractivity contribution in [3.63, 3.8) is 0 Å². The van der Waals surface area contributed by atoms with E-state index >= 15 is 0 Å². The first-order chi connectivity index (χ1) is 14.6. The molecule has 3 aromatic rings. The van der Waals surface area contributed by atoms with Crippen LogP contribution in [-0.4, -0.2) is 46.7 Å². The summed E-state index contributed by atoms with van der Waals surface area (Å²) >= 11 is 0. The maximum absolute atomic E-state index is 12.2. The zero-order valence-corrected chi connectivity index (χ0v) is 16.8. The highest BCUT2D eigenvalue weighted by atomic mass is 16.5. The molecule has 7 nitrogen and oxygen atoms in total. The molecule has 154 valence electrons. The first kappa shape index (κ1) is 18.7. The van der Waals surface area contributed by atoms with E-state index in [2.05, 4.69) is 10.1 Å². The second kappa shape index (κ2) is 7.82. The highest BCUT2D eigenvalue weighted by molar-refractivity contribution is 5.78. The molecule has 0 spiro atoms. The Morgan fingerprint density at radius 3 is 2.47 bits per heavy atom. The standard InChI is InChI=1S/C23H23N3O4/c1-15-2-8-18(9-3-15)28-14-21(27)26-12-20(13-26)29-19-10-6-16(7-11-19)22-24-23(30-25-22)17-4-5-17/h2-3,6-11,17,20H,4-5,12-14H2,1H3. The molecule has 0 bridgehead atoms. The number of carbonyl (C=O) groups excluding carboxylic acids is 1. The molecule has 1 saturated heterocycles. The molecule has 2 aromatic carbocycles. The molecule has 1 amide bonds. The quantitative estimate of drug-likeness (QED) is 0.598. The van der Waals surface area contributed by atoms with Gasteiger partial charge in [-0.15, -0.1) is 0 Å². The fourth-order valence-electron chi connectivity index (χ4n) is 3.31. The molecule has 1 saturated carbocycles. The van der Waals surface area contributed by atoms with Gasteiger partial charge in [0.1, 0.15) is 17.6 Å². The largest absolute Gasteiger partial charge is 0.487 e. The van der Waals surface area contributed by atoms with E-state index in [1.165, 1.54) is 0 Å². The molecule has 0 N–H and O–H groups in total. The minimum atomic E-state index is -0.0330. The lowest BCUT2D eigenvalue weighted by Crippen LogP contribution is -2.57. The fraction of sp³-hybridized carbons (Fsp3) is 0.348. The third-order valence-corrected chi connectivity index (χ3v) is 5.37. The van der Waals surface area contributed by atoms with Crippen molar-refractivity contribution in [2.75, 3.05) is 19.7 Å². The van der Waals surface area contributed by atoms with Gasteiger partial charge in [-0.05, 0) is 56.2 Å². The topological polar surface area (TPSA) is 77.7 Å². The number of aromatic nitrogens is 2. The van der Waals surface area contributed by atoms with Gasteiger partial charge in [-0.25, -0.2) is 0 Å². The molecular weight excluding hydrogens is 382 g/mol. The summed E-state index contributed by atoms with van der Waals surface area (Å²) in [5, 5.41) is 4.06. The predicted molar refractivity (Wildman–Crippen MR) is 109 cm³/mol. The molecule has 0 unspecified atom stereocenters. The minimum Gasteiger partial charge on any atom is -0.487 e. The normalized spacial score (nSPS) is 16.2. The summed E-state index contributed by atoms with van der Waals surface area (Å²) in [5.41, 5.74) is 2.06. The lowest BCUT2D eigenvalue weighted by atomic mass is 10.1. The van der Waals surface area contributed by atoms with Crippen LogP contribution in [0.5, 0.6) is 11.5 Å². The van der Waals surface area contributed by atoms with Crippen molar-refractivity contribution >= 4 is 5.91 Å². The average Bonchev–Trinajstić information content (AvgIpc) is 3.47. The van der Waals surface area contributed by atoms with Gasteiger partial charge in [0.25, 0.3) is 5.91 Å². The van der Waals surface area contributed by atoms with Gasteiger partial charge in [0, 0.05) is 11.5 Å². The van der Waals surface area contributed by atoms with Crippen LogP contribution in [0.25, 0.3) is 11.4 Å². The van der Waals surface area contributed by atoms with Crippen LogP contribution in [0.2, 0.25) is 0 Å². The van der Waals surface area contributed by atoms with Crippen molar-refractivity contribution in [1.82, 2.24) is 15.0 Å². The van der Waals surface area contributed by atoms with E-state index in [0.29, 0.717) is 30.6 Å². The highest BCUT2D eigenvalue weighted by Gasteiger charge is 2.32. The number of nitrogens with zero attached hydrogens (tertiary/aromatic N) is 3. The van der Waals surface area contributed by atoms with Crippen LogP contribution in [0.4, 0.5) is 0 Å². The van der Waals surface area contributed by atoms with E-state index in [-0.39, 0.29) is 18.6 Å². The van der Waals surface area contributed by atoms with E-state index < -0.39 is 0 Å². The minimum absolute atomic E-state index is 0.00850. The van der Waals surface area contributed by atoms with Gasteiger partial charge in [-0.3, -0.25) is 4.79 Å². The molecule has 2 heterocycles. The molecule has 0 atom stereocenters. The maximum Gasteiger partial charge on any atom is 0.260 e. The molecule has 2 fully saturated rings. The van der Waals surface area contributed by atoms with Crippen LogP contribution in [0.15, 0.2) is 53.1 Å². The molecule has 1 aliphatic heterocycles. The third-order valence-electron chi connectivity index (χ3n) is 5.37. The summed E-state index contributed by atoms with van der Waals surface area (Å²) in [4.78, 5) is 18.4. The van der Waals surface area contributed by atoms with Crippen LogP contribution in [0.3, 0.4) is 0 Å². The Bertz CT molecular complexity index is 1020. The number of carbonyl (C=O) groups is 1. The van der Waals surface area contributed by atoms with Gasteiger partial charge in [0.15, 0.2) is 6.61 Å². The smallest absolute Gasteiger partial charge is 0.260 e. The van der Waals surface area contributed by atoms with Crippen LogP contribution in [0.1, 0.15) is 30.2 Å². The van der Waals surface area contributed by atoms with Crippen molar-refractivity contribution in [1.29, 1.82) is 0 Å². The number of benzene rings is 2. The van der Waals surface area contributed by atoms with Crippen molar-refractivity contribution in [3.05, 3.63) is 60.0 Å². The summed E-state index contributed by atoms with van der Waals surface area (Å²) in [6, 6.07) is 15.3. The lowest BCUT2D eigenvalue weighted by molar-refractivity contribution is -0.142. The number of hydrogen-bond donors (Lipinski definition) is 0. The second-order valence-corrected chi connectivity index (χ2v) is 7.90. The summed E-state index contributed by atoms with van der Waals surface area (Å²) in [6.45, 7) is 3.18. The zero-order chi connectivity index (χ0) is 20.5. The summed E-state index contributed by atoms with van der Waals surface area (Å²) in [5.74, 6) is 3.22. The molecule has 30 heavy (non-hydrogen) atoms. The maximum atomic E-state index is 12.2. The number of amides is 1. The van der Waals surface area contributed by atoms with Gasteiger partial charge >= 0.3 is 0 Å². The Morgan fingerprint density at radius 2 is 1.77 bits per heavy atom. The Morgan fingerprint density at radius 1 is 1.07 bits per heavy atom. The summed E-state index contributed by atoms with van der Waals surface area (Å²) in [6.07, 6.45) is 2.26. The first-order valence-electron chi connectivity index (χ1n) is 10.2. The van der Waals surface area contributed by atoms with E-state index in [9.17, 15) is 4.79 Å². The lowest BCUT2D eigenvalue weighted by Gasteiger charge is -2.38. The monoisotopic (exact) mass is 405 g/mol. The predicted octanol–water partition coefficient (Wildman–Crippen LogP) is 3.59. The summed E-state index contributed by atoms with van der Waals surface area (Å²) in [7, 11) is 0. The van der Waals surface area contributed by atoms with Crippen molar-refractivity contribution in [2.24, 2.45) is 0 Å². The van der Waals surface area contributed by atoms with Crippen LogP contribution < -0.4 is 9.47 Å². The van der Waals surface area contributed by atoms with E-state index in [4.69, 9.17) is 14.0 Å². The number of rotatable bonds is 7. The van der Waals surface area contributed by atoms with Gasteiger partial charge in [0.05, 0.1) is 13.1 Å². The zero-order valence-electron chi connectivity index (χ0n) is 16.8. The van der Waals surface area contributed by atoms with E-state index in [0.717, 1.165) is 35.6 Å². The van der Waals surface area contributed by atoms with Crippen molar-refractivity contribution < 1.29 is 18.8 Å². The molecule has 2 aliphatic rings. The number of aryl methyl sites for hydroxylation is 1. The van der Waals surface area contributed by atoms with Crippen molar-refractivity contribution in [3.8, 4) is 22.9 Å². The van der Waals surface area contributed by atoms with Gasteiger partial charge in [-0.2, -0.15) is 4.98 Å². The Kier molecular flexibility index (Phi) is 4.86. The van der Waals surface area contributed by atoms with Crippen LogP contribution in [-0.2, 0) is 4.79 Å². The van der Waals surface area contributed by atoms with Crippen LogP contribution in [0, 0.1) is 6.92 Å². The fourth-order valence-corrected chi connectivity index (χ4v) is 3.31. The molecule has 0 radical (unpaired) electrons. The van der Waals surface area contributed by atoms with E-state index in [1.54, 1.807) is 4.90 Å². The number of likely N-dealkylation sites (tertiary alicyclic amines) is 1. The van der Waals surface area contributed by atoms with Gasteiger partial charge in [0.2, 0.25) is 11.7 Å². The molecule has 7 heteroatoms. The molecule has 5 rings (SSSR count). The Balaban J connectivity index is 1.08. The molecular formula is C23H23N3O4. The third kappa shape index (κ3) is 4.15. The molecule has 1 aliphatic carbocycles. The SMILES string of the molecule is Cc1ccc(OCC(=O)N2CC(Oc3ccc(-c4noc(C5CC5)n4)cc3)C2)cc1. The second-order valence-electron chi connectivity index (χ2n) is 7.90.